The van der Waals surface area contributed by atoms with Crippen molar-refractivity contribution in [3.05, 3.63) is 67.5 Å². The largest absolute Gasteiger partial charge is 0.348 e. The average molecular weight is 360 g/mol. The molecule has 7 heteroatoms. The van der Waals surface area contributed by atoms with E-state index in [4.69, 9.17) is 11.6 Å². The minimum atomic E-state index is -0.417. The zero-order chi connectivity index (χ0) is 16.7. The molecule has 0 bridgehead atoms. The summed E-state index contributed by atoms with van der Waals surface area (Å²) >= 11 is 7.47. The van der Waals surface area contributed by atoms with E-state index >= 15 is 0 Å². The Hall–Kier alpha value is -2.18. The fourth-order valence-corrected chi connectivity index (χ4v) is 4.37. The molecular weight excluding hydrogens is 346 g/mol. The SMILES string of the molecule is O=C(NCc1cccc(Cl)c1)c1cnc2sc3c(n2c1=O)CCC3. The fourth-order valence-electron chi connectivity index (χ4n) is 2.99. The van der Waals surface area contributed by atoms with E-state index in [-0.39, 0.29) is 11.1 Å². The van der Waals surface area contributed by atoms with Crippen molar-refractivity contribution in [1.82, 2.24) is 14.7 Å². The quantitative estimate of drug-likeness (QED) is 0.782. The molecule has 0 atom stereocenters. The second kappa shape index (κ2) is 6.03. The van der Waals surface area contributed by atoms with E-state index in [1.165, 1.54) is 22.4 Å². The van der Waals surface area contributed by atoms with E-state index in [2.05, 4.69) is 10.3 Å². The van der Waals surface area contributed by atoms with Crippen molar-refractivity contribution in [2.24, 2.45) is 0 Å². The molecular formula is C17H14ClN3O2S. The molecule has 4 rings (SSSR count). The van der Waals surface area contributed by atoms with Gasteiger partial charge >= 0.3 is 0 Å². The van der Waals surface area contributed by atoms with Gasteiger partial charge in [-0.3, -0.25) is 14.0 Å². The van der Waals surface area contributed by atoms with Crippen molar-refractivity contribution >= 4 is 33.8 Å². The molecule has 0 saturated carbocycles. The maximum absolute atomic E-state index is 12.7. The van der Waals surface area contributed by atoms with Gasteiger partial charge < -0.3 is 5.32 Å². The van der Waals surface area contributed by atoms with Crippen LogP contribution in [0.25, 0.3) is 4.96 Å². The number of carbonyl (C=O) groups excluding carboxylic acids is 1. The monoisotopic (exact) mass is 359 g/mol. The van der Waals surface area contributed by atoms with Crippen LogP contribution < -0.4 is 10.9 Å². The van der Waals surface area contributed by atoms with Gasteiger partial charge in [0.25, 0.3) is 11.5 Å². The summed E-state index contributed by atoms with van der Waals surface area (Å²) in [6, 6.07) is 7.24. The number of amides is 1. The maximum atomic E-state index is 12.7. The van der Waals surface area contributed by atoms with Gasteiger partial charge in [-0.25, -0.2) is 4.98 Å². The molecule has 122 valence electrons. The van der Waals surface area contributed by atoms with E-state index in [1.807, 2.05) is 12.1 Å². The molecule has 0 fully saturated rings. The van der Waals surface area contributed by atoms with Crippen LogP contribution in [0.2, 0.25) is 5.02 Å². The Morgan fingerprint density at radius 2 is 2.25 bits per heavy atom. The molecule has 0 unspecified atom stereocenters. The van der Waals surface area contributed by atoms with Crippen LogP contribution in [0.15, 0.2) is 35.3 Å². The number of nitrogens with zero attached hydrogens (tertiary/aromatic N) is 2. The number of thiazole rings is 1. The fraction of sp³-hybridized carbons (Fsp3) is 0.235. The number of rotatable bonds is 3. The summed E-state index contributed by atoms with van der Waals surface area (Å²) in [7, 11) is 0. The van der Waals surface area contributed by atoms with Crippen LogP contribution >= 0.6 is 22.9 Å². The molecule has 24 heavy (non-hydrogen) atoms. The van der Waals surface area contributed by atoms with Crippen LogP contribution in [0.3, 0.4) is 0 Å². The zero-order valence-electron chi connectivity index (χ0n) is 12.7. The average Bonchev–Trinajstić information content (AvgIpc) is 3.13. The third kappa shape index (κ3) is 2.61. The molecule has 1 N–H and O–H groups in total. The van der Waals surface area contributed by atoms with Gasteiger partial charge in [-0.2, -0.15) is 0 Å². The molecule has 1 aromatic carbocycles. The van der Waals surface area contributed by atoms with Gasteiger partial charge in [0.05, 0.1) is 0 Å². The van der Waals surface area contributed by atoms with E-state index < -0.39 is 5.91 Å². The van der Waals surface area contributed by atoms with E-state index in [9.17, 15) is 9.59 Å². The molecule has 5 nitrogen and oxygen atoms in total. The first-order valence-corrected chi connectivity index (χ1v) is 8.88. The second-order valence-electron chi connectivity index (χ2n) is 5.73. The molecule has 0 saturated heterocycles. The summed E-state index contributed by atoms with van der Waals surface area (Å²) in [6.45, 7) is 0.309. The molecule has 1 aliphatic rings. The first kappa shape index (κ1) is 15.4. The van der Waals surface area contributed by atoms with E-state index in [0.29, 0.717) is 16.5 Å². The van der Waals surface area contributed by atoms with Gasteiger partial charge in [0.15, 0.2) is 4.96 Å². The molecule has 0 spiro atoms. The third-order valence-corrected chi connectivity index (χ3v) is 5.53. The lowest BCUT2D eigenvalue weighted by molar-refractivity contribution is 0.0949. The highest BCUT2D eigenvalue weighted by molar-refractivity contribution is 7.17. The Labute approximate surface area is 146 Å². The zero-order valence-corrected chi connectivity index (χ0v) is 14.3. The van der Waals surface area contributed by atoms with Gasteiger partial charge in [-0.15, -0.1) is 11.3 Å². The highest BCUT2D eigenvalue weighted by Gasteiger charge is 2.22. The smallest absolute Gasteiger partial charge is 0.271 e. The third-order valence-electron chi connectivity index (χ3n) is 4.14. The number of benzene rings is 1. The van der Waals surface area contributed by atoms with Crippen LogP contribution in [0.4, 0.5) is 0 Å². The number of aryl methyl sites for hydroxylation is 2. The summed E-state index contributed by atoms with van der Waals surface area (Å²) in [5.74, 6) is -0.417. The lowest BCUT2D eigenvalue weighted by atomic mass is 10.2. The summed E-state index contributed by atoms with van der Waals surface area (Å²) < 4.78 is 1.60. The number of fused-ring (bicyclic) bond motifs is 3. The summed E-state index contributed by atoms with van der Waals surface area (Å²) in [5, 5.41) is 3.37. The lowest BCUT2D eigenvalue weighted by Crippen LogP contribution is -2.31. The summed E-state index contributed by atoms with van der Waals surface area (Å²) in [5.41, 5.74) is 1.67. The Balaban J connectivity index is 1.63. The van der Waals surface area contributed by atoms with Crippen LogP contribution in [-0.2, 0) is 19.4 Å². The summed E-state index contributed by atoms with van der Waals surface area (Å²) in [4.78, 5) is 31.3. The normalized spacial score (nSPS) is 13.2. The van der Waals surface area contributed by atoms with Crippen molar-refractivity contribution in [1.29, 1.82) is 0 Å². The second-order valence-corrected chi connectivity index (χ2v) is 7.23. The summed E-state index contributed by atoms with van der Waals surface area (Å²) in [6.07, 6.45) is 4.27. The molecule has 2 heterocycles. The molecule has 1 aliphatic carbocycles. The van der Waals surface area contributed by atoms with Gasteiger partial charge in [-0.05, 0) is 37.0 Å². The molecule has 0 radical (unpaired) electrons. The highest BCUT2D eigenvalue weighted by atomic mass is 35.5. The lowest BCUT2D eigenvalue weighted by Gasteiger charge is -2.06. The first-order chi connectivity index (χ1) is 11.6. The van der Waals surface area contributed by atoms with Crippen molar-refractivity contribution in [2.45, 2.75) is 25.8 Å². The number of carbonyl (C=O) groups is 1. The number of hydrogen-bond donors (Lipinski definition) is 1. The van der Waals surface area contributed by atoms with Crippen LogP contribution in [0.1, 0.15) is 32.9 Å². The van der Waals surface area contributed by atoms with Gasteiger partial charge in [-0.1, -0.05) is 23.7 Å². The maximum Gasteiger partial charge on any atom is 0.271 e. The molecule has 3 aromatic rings. The predicted molar refractivity (Wildman–Crippen MR) is 94.0 cm³/mol. The molecule has 0 aliphatic heterocycles. The number of halogens is 1. The van der Waals surface area contributed by atoms with Gasteiger partial charge in [0.2, 0.25) is 0 Å². The Morgan fingerprint density at radius 1 is 1.38 bits per heavy atom. The Kier molecular flexibility index (Phi) is 3.86. The number of hydrogen-bond acceptors (Lipinski definition) is 4. The Bertz CT molecular complexity index is 1010. The van der Waals surface area contributed by atoms with Crippen LogP contribution in [-0.4, -0.2) is 15.3 Å². The minimum Gasteiger partial charge on any atom is -0.348 e. The predicted octanol–water partition coefficient (Wildman–Crippen LogP) is 2.83. The van der Waals surface area contributed by atoms with Gasteiger partial charge in [0, 0.05) is 28.3 Å². The molecule has 1 amide bonds. The van der Waals surface area contributed by atoms with Crippen LogP contribution in [0.5, 0.6) is 0 Å². The van der Waals surface area contributed by atoms with Gasteiger partial charge in [0.1, 0.15) is 5.56 Å². The Morgan fingerprint density at radius 3 is 3.08 bits per heavy atom. The standard InChI is InChI=1S/C17H14ClN3O2S/c18-11-4-1-3-10(7-11)8-19-15(22)12-9-20-17-21(16(12)23)13-5-2-6-14(13)24-17/h1,3-4,7,9H,2,5-6,8H2,(H,19,22). The highest BCUT2D eigenvalue weighted by Crippen LogP contribution is 2.28. The van der Waals surface area contributed by atoms with Crippen molar-refractivity contribution < 1.29 is 4.79 Å². The van der Waals surface area contributed by atoms with Crippen molar-refractivity contribution in [3.63, 3.8) is 0 Å². The van der Waals surface area contributed by atoms with E-state index in [1.54, 1.807) is 16.5 Å². The minimum absolute atomic E-state index is 0.0713. The van der Waals surface area contributed by atoms with Crippen molar-refractivity contribution in [2.75, 3.05) is 0 Å². The molecule has 2 aromatic heterocycles. The van der Waals surface area contributed by atoms with E-state index in [0.717, 1.165) is 30.5 Å². The number of aromatic nitrogens is 2. The number of nitrogens with one attached hydrogen (secondary N) is 1. The topological polar surface area (TPSA) is 63.5 Å². The van der Waals surface area contributed by atoms with Crippen LogP contribution in [0, 0.1) is 0 Å². The van der Waals surface area contributed by atoms with Crippen molar-refractivity contribution in [3.8, 4) is 0 Å². The first-order valence-electron chi connectivity index (χ1n) is 7.68.